The molecule has 1 heterocycles. The van der Waals surface area contributed by atoms with Crippen LogP contribution >= 0.6 is 0 Å². The molecule has 18 heavy (non-hydrogen) atoms. The van der Waals surface area contributed by atoms with Gasteiger partial charge in [0.05, 0.1) is 0 Å². The Morgan fingerprint density at radius 2 is 1.78 bits per heavy atom. The summed E-state index contributed by atoms with van der Waals surface area (Å²) in [7, 11) is 0. The predicted octanol–water partition coefficient (Wildman–Crippen LogP) is 2.42. The largest absolute Gasteiger partial charge is 0.486 e. The highest BCUT2D eigenvalue weighted by Crippen LogP contribution is 2.32. The summed E-state index contributed by atoms with van der Waals surface area (Å²) in [5.74, 6) is 1.65. The third-order valence-corrected chi connectivity index (χ3v) is 2.96. The Labute approximate surface area is 108 Å². The van der Waals surface area contributed by atoms with Crippen LogP contribution in [-0.2, 0) is 0 Å². The molecule has 1 aliphatic heterocycles. The molecule has 2 rings (SSSR count). The monoisotopic (exact) mass is 251 g/mol. The smallest absolute Gasteiger partial charge is 0.163 e. The zero-order chi connectivity index (χ0) is 12.6. The normalized spacial score (nSPS) is 13.4. The van der Waals surface area contributed by atoms with Crippen molar-refractivity contribution in [2.24, 2.45) is 0 Å². The third kappa shape index (κ3) is 3.81. The van der Waals surface area contributed by atoms with E-state index < -0.39 is 0 Å². The van der Waals surface area contributed by atoms with E-state index in [1.165, 1.54) is 0 Å². The van der Waals surface area contributed by atoms with Crippen molar-refractivity contribution >= 4 is 5.69 Å². The van der Waals surface area contributed by atoms with Crippen molar-refractivity contribution in [1.29, 1.82) is 0 Å². The van der Waals surface area contributed by atoms with Crippen molar-refractivity contribution in [3.63, 3.8) is 0 Å². The fourth-order valence-electron chi connectivity index (χ4n) is 1.98. The number of hydrogen-bond acceptors (Lipinski definition) is 4. The zero-order valence-electron chi connectivity index (χ0n) is 10.7. The van der Waals surface area contributed by atoms with Crippen molar-refractivity contribution in [1.82, 2.24) is 0 Å². The van der Waals surface area contributed by atoms with Gasteiger partial charge < -0.3 is 19.9 Å². The first kappa shape index (κ1) is 13.0. The van der Waals surface area contributed by atoms with Gasteiger partial charge in [-0.1, -0.05) is 12.8 Å². The Hall–Kier alpha value is -1.42. The second-order valence-electron chi connectivity index (χ2n) is 4.42. The van der Waals surface area contributed by atoms with Crippen molar-refractivity contribution in [3.8, 4) is 11.5 Å². The molecule has 0 aromatic heterocycles. The number of aliphatic hydroxyl groups is 1. The molecule has 0 spiro atoms. The molecule has 0 radical (unpaired) electrons. The number of aliphatic hydroxyl groups excluding tert-OH is 1. The fourth-order valence-corrected chi connectivity index (χ4v) is 1.98. The molecule has 1 aliphatic rings. The Balaban J connectivity index is 1.72. The maximum atomic E-state index is 8.67. The molecule has 2 N–H and O–H groups in total. The zero-order valence-corrected chi connectivity index (χ0v) is 10.7. The average Bonchev–Trinajstić information content (AvgIpc) is 2.42. The SMILES string of the molecule is OCCCCCCNc1ccc2c(c1)OCCO2. The topological polar surface area (TPSA) is 50.7 Å². The van der Waals surface area contributed by atoms with Crippen molar-refractivity contribution < 1.29 is 14.6 Å². The van der Waals surface area contributed by atoms with Gasteiger partial charge in [-0.15, -0.1) is 0 Å². The number of nitrogens with one attached hydrogen (secondary N) is 1. The molecule has 1 aromatic rings. The van der Waals surface area contributed by atoms with Gasteiger partial charge >= 0.3 is 0 Å². The quantitative estimate of drug-likeness (QED) is 0.731. The molecule has 100 valence electrons. The first-order valence-corrected chi connectivity index (χ1v) is 6.64. The molecule has 1 aromatic carbocycles. The maximum Gasteiger partial charge on any atom is 0.163 e. The van der Waals surface area contributed by atoms with Crippen LogP contribution in [0.15, 0.2) is 18.2 Å². The minimum atomic E-state index is 0.301. The van der Waals surface area contributed by atoms with Gasteiger partial charge in [0.1, 0.15) is 13.2 Å². The van der Waals surface area contributed by atoms with Crippen molar-refractivity contribution in [3.05, 3.63) is 18.2 Å². The number of ether oxygens (including phenoxy) is 2. The molecule has 0 fully saturated rings. The van der Waals surface area contributed by atoms with E-state index in [2.05, 4.69) is 5.32 Å². The lowest BCUT2D eigenvalue weighted by atomic mass is 10.2. The number of rotatable bonds is 7. The second-order valence-corrected chi connectivity index (χ2v) is 4.42. The van der Waals surface area contributed by atoms with Crippen LogP contribution in [0.1, 0.15) is 25.7 Å². The first-order chi connectivity index (χ1) is 8.90. The van der Waals surface area contributed by atoms with E-state index in [1.807, 2.05) is 18.2 Å². The van der Waals surface area contributed by atoms with Crippen LogP contribution in [0.25, 0.3) is 0 Å². The van der Waals surface area contributed by atoms with E-state index >= 15 is 0 Å². The maximum absolute atomic E-state index is 8.67. The number of fused-ring (bicyclic) bond motifs is 1. The lowest BCUT2D eigenvalue weighted by molar-refractivity contribution is 0.171. The lowest BCUT2D eigenvalue weighted by Gasteiger charge is -2.19. The van der Waals surface area contributed by atoms with Crippen LogP contribution in [-0.4, -0.2) is 31.5 Å². The highest BCUT2D eigenvalue weighted by molar-refractivity contribution is 5.55. The van der Waals surface area contributed by atoms with Crippen LogP contribution in [0.2, 0.25) is 0 Å². The molecule has 0 atom stereocenters. The number of anilines is 1. The number of unbranched alkanes of at least 4 members (excludes halogenated alkanes) is 3. The van der Waals surface area contributed by atoms with Crippen LogP contribution in [0.4, 0.5) is 5.69 Å². The predicted molar refractivity (Wildman–Crippen MR) is 71.5 cm³/mol. The molecular weight excluding hydrogens is 230 g/mol. The highest BCUT2D eigenvalue weighted by atomic mass is 16.6. The molecule has 4 heteroatoms. The van der Waals surface area contributed by atoms with Gasteiger partial charge in [-0.25, -0.2) is 0 Å². The van der Waals surface area contributed by atoms with Gasteiger partial charge in [-0.2, -0.15) is 0 Å². The van der Waals surface area contributed by atoms with Gasteiger partial charge in [-0.3, -0.25) is 0 Å². The van der Waals surface area contributed by atoms with Gasteiger partial charge in [0.25, 0.3) is 0 Å². The average molecular weight is 251 g/mol. The number of hydrogen-bond donors (Lipinski definition) is 2. The molecule has 4 nitrogen and oxygen atoms in total. The standard InChI is InChI=1S/C14H21NO3/c16-8-4-2-1-3-7-15-12-5-6-13-14(11-12)18-10-9-17-13/h5-6,11,15-16H,1-4,7-10H2. The Morgan fingerprint density at radius 3 is 2.61 bits per heavy atom. The van der Waals surface area contributed by atoms with Crippen LogP contribution in [0.5, 0.6) is 11.5 Å². The van der Waals surface area contributed by atoms with E-state index in [4.69, 9.17) is 14.6 Å². The first-order valence-electron chi connectivity index (χ1n) is 6.64. The lowest BCUT2D eigenvalue weighted by Crippen LogP contribution is -2.15. The third-order valence-electron chi connectivity index (χ3n) is 2.96. The highest BCUT2D eigenvalue weighted by Gasteiger charge is 2.11. The van der Waals surface area contributed by atoms with Gasteiger partial charge in [0.15, 0.2) is 11.5 Å². The molecule has 0 saturated carbocycles. The molecule has 0 aliphatic carbocycles. The number of benzene rings is 1. The van der Waals surface area contributed by atoms with E-state index in [1.54, 1.807) is 0 Å². The van der Waals surface area contributed by atoms with E-state index in [0.29, 0.717) is 19.8 Å². The Kier molecular flexibility index (Phi) is 5.15. The van der Waals surface area contributed by atoms with Gasteiger partial charge in [0, 0.05) is 24.9 Å². The van der Waals surface area contributed by atoms with E-state index in [0.717, 1.165) is 49.4 Å². The summed E-state index contributed by atoms with van der Waals surface area (Å²) in [5.41, 5.74) is 1.07. The summed E-state index contributed by atoms with van der Waals surface area (Å²) >= 11 is 0. The summed E-state index contributed by atoms with van der Waals surface area (Å²) in [6.45, 7) is 2.50. The molecule has 0 unspecified atom stereocenters. The molecular formula is C14H21NO3. The minimum absolute atomic E-state index is 0.301. The molecule has 0 amide bonds. The van der Waals surface area contributed by atoms with Crippen LogP contribution < -0.4 is 14.8 Å². The van der Waals surface area contributed by atoms with E-state index in [9.17, 15) is 0 Å². The summed E-state index contributed by atoms with van der Waals surface area (Å²) in [4.78, 5) is 0. The van der Waals surface area contributed by atoms with Crippen molar-refractivity contribution in [2.75, 3.05) is 31.7 Å². The Morgan fingerprint density at radius 1 is 1.00 bits per heavy atom. The molecule has 0 bridgehead atoms. The van der Waals surface area contributed by atoms with Crippen LogP contribution in [0.3, 0.4) is 0 Å². The van der Waals surface area contributed by atoms with Gasteiger partial charge in [-0.05, 0) is 25.0 Å². The second kappa shape index (κ2) is 7.11. The Bertz CT molecular complexity index is 368. The van der Waals surface area contributed by atoms with Crippen LogP contribution in [0, 0.1) is 0 Å². The van der Waals surface area contributed by atoms with Gasteiger partial charge in [0.2, 0.25) is 0 Å². The molecule has 0 saturated heterocycles. The summed E-state index contributed by atoms with van der Waals surface area (Å²) < 4.78 is 11.0. The van der Waals surface area contributed by atoms with Crippen molar-refractivity contribution in [2.45, 2.75) is 25.7 Å². The summed E-state index contributed by atoms with van der Waals surface area (Å²) in [6, 6.07) is 5.95. The van der Waals surface area contributed by atoms with E-state index in [-0.39, 0.29) is 0 Å². The minimum Gasteiger partial charge on any atom is -0.486 e. The summed E-state index contributed by atoms with van der Waals surface area (Å²) in [5, 5.41) is 12.0. The summed E-state index contributed by atoms with van der Waals surface area (Å²) in [6.07, 6.45) is 4.27. The fraction of sp³-hybridized carbons (Fsp3) is 0.571.